The van der Waals surface area contributed by atoms with Crippen LogP contribution in [-0.2, 0) is 30.8 Å². The number of aliphatic carboxylic acids is 1. The molecular weight excluding hydrogens is 329 g/mol. The molecule has 0 saturated carbocycles. The molecule has 0 aromatic heterocycles. The van der Waals surface area contributed by atoms with E-state index in [2.05, 4.69) is 4.74 Å². The highest BCUT2D eigenvalue weighted by atomic mass is 32.2. The molecule has 0 unspecified atom stereocenters. The van der Waals surface area contributed by atoms with Crippen molar-refractivity contribution in [3.63, 3.8) is 0 Å². The molecule has 0 amide bonds. The fourth-order valence-electron chi connectivity index (χ4n) is 2.47. The van der Waals surface area contributed by atoms with Gasteiger partial charge in [-0.1, -0.05) is 6.07 Å². The van der Waals surface area contributed by atoms with Gasteiger partial charge in [0.25, 0.3) is 0 Å². The lowest BCUT2D eigenvalue weighted by Gasteiger charge is -2.21. The second-order valence-electron chi connectivity index (χ2n) is 5.12. The van der Waals surface area contributed by atoms with E-state index in [0.717, 1.165) is 16.4 Å². The van der Waals surface area contributed by atoms with Gasteiger partial charge in [-0.15, -0.1) is 0 Å². The van der Waals surface area contributed by atoms with E-state index in [0.29, 0.717) is 6.42 Å². The van der Waals surface area contributed by atoms with Crippen molar-refractivity contribution in [3.8, 4) is 0 Å². The molecule has 1 N–H and O–H groups in total. The third-order valence-corrected chi connectivity index (χ3v) is 5.59. The molecule has 1 atom stereocenters. The maximum absolute atomic E-state index is 14.0. The Labute approximate surface area is 132 Å². The Balaban J connectivity index is 2.32. The molecule has 0 radical (unpaired) electrons. The Morgan fingerprint density at radius 2 is 2.13 bits per heavy atom. The number of nitrogens with zero attached hydrogens (tertiary/aromatic N) is 1. The molecule has 1 aromatic rings. The van der Waals surface area contributed by atoms with Crippen LogP contribution >= 0.6 is 0 Å². The fraction of sp³-hybridized carbons (Fsp3) is 0.429. The molecule has 1 aromatic carbocycles. The standard InChI is InChI=1S/C14H16FNO6S/c1-22-13(17)7-9-4-5-10(8-11(9)15)23(20,21)16-6-2-3-12(16)14(18)19/h4-5,8,12H,2-3,6-7H2,1H3,(H,18,19)/t12-/m0/s1. The molecule has 7 nitrogen and oxygen atoms in total. The zero-order valence-corrected chi connectivity index (χ0v) is 13.2. The maximum Gasteiger partial charge on any atom is 0.322 e. The van der Waals surface area contributed by atoms with Gasteiger partial charge in [-0.2, -0.15) is 4.31 Å². The van der Waals surface area contributed by atoms with Gasteiger partial charge < -0.3 is 9.84 Å². The van der Waals surface area contributed by atoms with Gasteiger partial charge in [0, 0.05) is 6.54 Å². The molecule has 9 heteroatoms. The Morgan fingerprint density at radius 3 is 2.70 bits per heavy atom. The van der Waals surface area contributed by atoms with Gasteiger partial charge in [0.05, 0.1) is 18.4 Å². The van der Waals surface area contributed by atoms with Crippen molar-refractivity contribution < 1.29 is 32.2 Å². The monoisotopic (exact) mass is 345 g/mol. The molecule has 2 rings (SSSR count). The van der Waals surface area contributed by atoms with Crippen molar-refractivity contribution >= 4 is 22.0 Å². The normalized spacial score (nSPS) is 18.8. The lowest BCUT2D eigenvalue weighted by Crippen LogP contribution is -2.40. The van der Waals surface area contributed by atoms with E-state index < -0.39 is 33.8 Å². The van der Waals surface area contributed by atoms with Crippen molar-refractivity contribution in [2.75, 3.05) is 13.7 Å². The van der Waals surface area contributed by atoms with E-state index in [1.54, 1.807) is 0 Å². The zero-order chi connectivity index (χ0) is 17.2. The number of esters is 1. The smallest absolute Gasteiger partial charge is 0.322 e. The summed E-state index contributed by atoms with van der Waals surface area (Å²) in [5.74, 6) is -2.73. The number of carbonyl (C=O) groups excluding carboxylic acids is 1. The third kappa shape index (κ3) is 3.50. The number of sulfonamides is 1. The largest absolute Gasteiger partial charge is 0.480 e. The van der Waals surface area contributed by atoms with Crippen molar-refractivity contribution in [1.82, 2.24) is 4.31 Å². The minimum atomic E-state index is -4.11. The first kappa shape index (κ1) is 17.4. The number of carboxylic acid groups (broad SMARTS) is 1. The average Bonchev–Trinajstić information content (AvgIpc) is 2.99. The Bertz CT molecular complexity index is 733. The van der Waals surface area contributed by atoms with Crippen molar-refractivity contribution in [3.05, 3.63) is 29.6 Å². The number of carbonyl (C=O) groups is 2. The van der Waals surface area contributed by atoms with Crippen LogP contribution in [0.2, 0.25) is 0 Å². The lowest BCUT2D eigenvalue weighted by molar-refractivity contribution is -0.141. The van der Waals surface area contributed by atoms with Crippen LogP contribution in [0, 0.1) is 5.82 Å². The quantitative estimate of drug-likeness (QED) is 0.792. The minimum Gasteiger partial charge on any atom is -0.480 e. The van der Waals surface area contributed by atoms with Gasteiger partial charge in [-0.05, 0) is 30.5 Å². The Hall–Kier alpha value is -2.00. The number of methoxy groups -OCH3 is 1. The van der Waals surface area contributed by atoms with Crippen molar-refractivity contribution in [2.45, 2.75) is 30.2 Å². The summed E-state index contributed by atoms with van der Waals surface area (Å²) in [6.45, 7) is 0.0742. The summed E-state index contributed by atoms with van der Waals surface area (Å²) >= 11 is 0. The van der Waals surface area contributed by atoms with E-state index >= 15 is 0 Å². The summed E-state index contributed by atoms with van der Waals surface area (Å²) in [6.07, 6.45) is 0.334. The number of ether oxygens (including phenoxy) is 1. The number of halogens is 1. The number of benzene rings is 1. The molecule has 1 fully saturated rings. The van der Waals surface area contributed by atoms with E-state index in [4.69, 9.17) is 5.11 Å². The minimum absolute atomic E-state index is 0.00649. The van der Waals surface area contributed by atoms with Crippen LogP contribution in [-0.4, -0.2) is 49.5 Å². The molecule has 23 heavy (non-hydrogen) atoms. The molecule has 1 aliphatic rings. The van der Waals surface area contributed by atoms with E-state index in [9.17, 15) is 22.4 Å². The van der Waals surface area contributed by atoms with Crippen molar-refractivity contribution in [1.29, 1.82) is 0 Å². The van der Waals surface area contributed by atoms with Gasteiger partial charge in [-0.3, -0.25) is 9.59 Å². The fourth-order valence-corrected chi connectivity index (χ4v) is 4.13. The van der Waals surface area contributed by atoms with Gasteiger partial charge in [0.2, 0.25) is 10.0 Å². The highest BCUT2D eigenvalue weighted by molar-refractivity contribution is 7.89. The second kappa shape index (κ2) is 6.63. The predicted octanol–water partition coefficient (Wildman–Crippen LogP) is 0.779. The molecule has 1 heterocycles. The molecule has 0 aliphatic carbocycles. The first-order valence-corrected chi connectivity index (χ1v) is 8.31. The number of hydrogen-bond acceptors (Lipinski definition) is 5. The third-order valence-electron chi connectivity index (χ3n) is 3.68. The first-order valence-electron chi connectivity index (χ1n) is 6.87. The van der Waals surface area contributed by atoms with E-state index in [-0.39, 0.29) is 29.8 Å². The molecule has 0 spiro atoms. The van der Waals surface area contributed by atoms with Gasteiger partial charge in [0.1, 0.15) is 11.9 Å². The number of rotatable bonds is 5. The van der Waals surface area contributed by atoms with Crippen LogP contribution in [0.25, 0.3) is 0 Å². The Kier molecular flexibility index (Phi) is 5.00. The maximum atomic E-state index is 14.0. The summed E-state index contributed by atoms with van der Waals surface area (Å²) < 4.78 is 44.3. The van der Waals surface area contributed by atoms with Crippen LogP contribution in [0.1, 0.15) is 18.4 Å². The summed E-state index contributed by atoms with van der Waals surface area (Å²) in [6, 6.07) is 2.00. The second-order valence-corrected chi connectivity index (χ2v) is 7.01. The topological polar surface area (TPSA) is 101 Å². The molecular formula is C14H16FNO6S. The van der Waals surface area contributed by atoms with Crippen LogP contribution in [0.4, 0.5) is 4.39 Å². The van der Waals surface area contributed by atoms with Crippen LogP contribution < -0.4 is 0 Å². The number of hydrogen-bond donors (Lipinski definition) is 1. The van der Waals surface area contributed by atoms with Crippen molar-refractivity contribution in [2.24, 2.45) is 0 Å². The molecule has 1 aliphatic heterocycles. The lowest BCUT2D eigenvalue weighted by atomic mass is 10.1. The van der Waals surface area contributed by atoms with Crippen LogP contribution in [0.3, 0.4) is 0 Å². The summed E-state index contributed by atoms with van der Waals surface area (Å²) in [7, 11) is -2.94. The average molecular weight is 345 g/mol. The summed E-state index contributed by atoms with van der Waals surface area (Å²) in [4.78, 5) is 22.0. The van der Waals surface area contributed by atoms with Crippen LogP contribution in [0.5, 0.6) is 0 Å². The highest BCUT2D eigenvalue weighted by Crippen LogP contribution is 2.27. The Morgan fingerprint density at radius 1 is 1.43 bits per heavy atom. The highest BCUT2D eigenvalue weighted by Gasteiger charge is 2.39. The number of carboxylic acids is 1. The van der Waals surface area contributed by atoms with Crippen LogP contribution in [0.15, 0.2) is 23.1 Å². The predicted molar refractivity (Wildman–Crippen MR) is 76.7 cm³/mol. The first-order chi connectivity index (χ1) is 10.8. The van der Waals surface area contributed by atoms with Gasteiger partial charge in [0.15, 0.2) is 0 Å². The van der Waals surface area contributed by atoms with E-state index in [1.807, 2.05) is 0 Å². The van der Waals surface area contributed by atoms with Gasteiger partial charge in [-0.25, -0.2) is 12.8 Å². The summed E-state index contributed by atoms with van der Waals surface area (Å²) in [5.41, 5.74) is 0.00649. The van der Waals surface area contributed by atoms with Gasteiger partial charge >= 0.3 is 11.9 Å². The SMILES string of the molecule is COC(=O)Cc1ccc(S(=O)(=O)N2CCC[C@H]2C(=O)O)cc1F. The molecule has 1 saturated heterocycles. The molecule has 126 valence electrons. The summed E-state index contributed by atoms with van der Waals surface area (Å²) in [5, 5.41) is 9.09. The van der Waals surface area contributed by atoms with E-state index in [1.165, 1.54) is 13.2 Å². The molecule has 0 bridgehead atoms. The zero-order valence-electron chi connectivity index (χ0n) is 12.4.